The van der Waals surface area contributed by atoms with Crippen molar-refractivity contribution in [3.63, 3.8) is 0 Å². The fraction of sp³-hybridized carbons (Fsp3) is 0.857. The van der Waals surface area contributed by atoms with Crippen LogP contribution in [0.1, 0.15) is 53.4 Å². The number of rotatable bonds is 5. The minimum Gasteiger partial charge on any atom is -0.349 e. The third-order valence-corrected chi connectivity index (χ3v) is 3.15. The smallest absolute Gasteiger partial charge is 0.168 e. The summed E-state index contributed by atoms with van der Waals surface area (Å²) in [5.41, 5.74) is 0.169. The van der Waals surface area contributed by atoms with Crippen LogP contribution >= 0.6 is 0 Å². The fourth-order valence-corrected chi connectivity index (χ4v) is 1.92. The predicted octanol–water partition coefficient (Wildman–Crippen LogP) is 3.91. The van der Waals surface area contributed by atoms with Crippen molar-refractivity contribution in [1.82, 2.24) is 0 Å². The van der Waals surface area contributed by atoms with Crippen LogP contribution in [-0.2, 0) is 9.47 Å². The molecule has 16 heavy (non-hydrogen) atoms. The van der Waals surface area contributed by atoms with E-state index in [1.807, 2.05) is 0 Å². The number of ether oxygens (including phenoxy) is 2. The molecule has 0 bridgehead atoms. The Morgan fingerprint density at radius 1 is 1.19 bits per heavy atom. The van der Waals surface area contributed by atoms with Gasteiger partial charge in [-0.15, -0.1) is 0 Å². The molecule has 0 aromatic rings. The fourth-order valence-electron chi connectivity index (χ4n) is 1.92. The second kappa shape index (κ2) is 5.83. The van der Waals surface area contributed by atoms with E-state index in [2.05, 4.69) is 39.8 Å². The number of allylic oxidation sites excluding steroid dienone is 2. The van der Waals surface area contributed by atoms with Gasteiger partial charge in [0.2, 0.25) is 0 Å². The Balaban J connectivity index is 2.40. The standard InChI is InChI=1S/C14H26O2/c1-5-7-8-9-10-14(6-2)15-11-13(3,4)12-16-14/h5,7H,6,8-12H2,1-4H3/b7-5+. The summed E-state index contributed by atoms with van der Waals surface area (Å²) < 4.78 is 11.9. The van der Waals surface area contributed by atoms with Gasteiger partial charge in [0.1, 0.15) is 0 Å². The van der Waals surface area contributed by atoms with Gasteiger partial charge < -0.3 is 9.47 Å². The van der Waals surface area contributed by atoms with E-state index in [0.717, 1.165) is 38.9 Å². The Kier molecular flexibility index (Phi) is 5.00. The van der Waals surface area contributed by atoms with Gasteiger partial charge in [0.15, 0.2) is 5.79 Å². The molecular weight excluding hydrogens is 200 g/mol. The summed E-state index contributed by atoms with van der Waals surface area (Å²) in [6.07, 6.45) is 8.51. The van der Waals surface area contributed by atoms with Gasteiger partial charge in [-0.1, -0.05) is 32.9 Å². The van der Waals surface area contributed by atoms with Gasteiger partial charge in [-0.2, -0.15) is 0 Å². The first kappa shape index (κ1) is 13.7. The summed E-state index contributed by atoms with van der Waals surface area (Å²) in [6, 6.07) is 0. The van der Waals surface area contributed by atoms with Crippen LogP contribution in [-0.4, -0.2) is 19.0 Å². The first-order valence-electron chi connectivity index (χ1n) is 6.43. The number of hydrogen-bond acceptors (Lipinski definition) is 2. The zero-order valence-electron chi connectivity index (χ0n) is 11.2. The number of unbranched alkanes of at least 4 members (excludes halogenated alkanes) is 1. The van der Waals surface area contributed by atoms with E-state index >= 15 is 0 Å². The Hall–Kier alpha value is -0.340. The highest BCUT2D eigenvalue weighted by molar-refractivity contribution is 4.82. The molecule has 94 valence electrons. The van der Waals surface area contributed by atoms with Crippen molar-refractivity contribution in [1.29, 1.82) is 0 Å². The van der Waals surface area contributed by atoms with Crippen LogP contribution in [0.3, 0.4) is 0 Å². The van der Waals surface area contributed by atoms with E-state index in [9.17, 15) is 0 Å². The first-order valence-corrected chi connectivity index (χ1v) is 6.43. The lowest BCUT2D eigenvalue weighted by atomic mass is 9.93. The highest BCUT2D eigenvalue weighted by Crippen LogP contribution is 2.34. The van der Waals surface area contributed by atoms with Crippen molar-refractivity contribution in [2.24, 2.45) is 5.41 Å². The molecule has 0 N–H and O–H groups in total. The van der Waals surface area contributed by atoms with Crippen LogP contribution in [0.15, 0.2) is 12.2 Å². The molecular formula is C14H26O2. The van der Waals surface area contributed by atoms with Gasteiger partial charge in [-0.05, 0) is 26.2 Å². The minimum absolute atomic E-state index is 0.169. The summed E-state index contributed by atoms with van der Waals surface area (Å²) in [5.74, 6) is -0.308. The summed E-state index contributed by atoms with van der Waals surface area (Å²) in [5, 5.41) is 0. The normalized spacial score (nSPS) is 23.8. The molecule has 1 rings (SSSR count). The van der Waals surface area contributed by atoms with Gasteiger partial charge in [0.25, 0.3) is 0 Å². The van der Waals surface area contributed by atoms with Crippen LogP contribution in [0.4, 0.5) is 0 Å². The van der Waals surface area contributed by atoms with Crippen LogP contribution in [0, 0.1) is 5.41 Å². The third-order valence-electron chi connectivity index (χ3n) is 3.15. The summed E-state index contributed by atoms with van der Waals surface area (Å²) in [6.45, 7) is 10.2. The highest BCUT2D eigenvalue weighted by Gasteiger charge is 2.38. The molecule has 2 heteroatoms. The van der Waals surface area contributed by atoms with Gasteiger partial charge >= 0.3 is 0 Å². The van der Waals surface area contributed by atoms with E-state index in [0.29, 0.717) is 0 Å². The lowest BCUT2D eigenvalue weighted by molar-refractivity contribution is -0.303. The predicted molar refractivity (Wildman–Crippen MR) is 67.4 cm³/mol. The summed E-state index contributed by atoms with van der Waals surface area (Å²) >= 11 is 0. The maximum Gasteiger partial charge on any atom is 0.168 e. The molecule has 0 amide bonds. The maximum absolute atomic E-state index is 5.96. The van der Waals surface area contributed by atoms with E-state index in [1.165, 1.54) is 0 Å². The van der Waals surface area contributed by atoms with Gasteiger partial charge in [0, 0.05) is 11.8 Å². The summed E-state index contributed by atoms with van der Waals surface area (Å²) in [4.78, 5) is 0. The van der Waals surface area contributed by atoms with E-state index < -0.39 is 0 Å². The van der Waals surface area contributed by atoms with E-state index in [1.54, 1.807) is 0 Å². The lowest BCUT2D eigenvalue weighted by Gasteiger charge is -2.43. The molecule has 1 aliphatic rings. The molecule has 0 radical (unpaired) electrons. The molecule has 1 fully saturated rings. The van der Waals surface area contributed by atoms with Gasteiger partial charge in [-0.3, -0.25) is 0 Å². The highest BCUT2D eigenvalue weighted by atomic mass is 16.7. The van der Waals surface area contributed by atoms with Crippen molar-refractivity contribution in [3.05, 3.63) is 12.2 Å². The van der Waals surface area contributed by atoms with E-state index in [4.69, 9.17) is 9.47 Å². The zero-order valence-corrected chi connectivity index (χ0v) is 11.2. The Labute approximate surface area is 100 Å². The molecule has 0 atom stereocenters. The van der Waals surface area contributed by atoms with Crippen LogP contribution in [0.2, 0.25) is 0 Å². The van der Waals surface area contributed by atoms with Crippen molar-refractivity contribution >= 4 is 0 Å². The topological polar surface area (TPSA) is 18.5 Å². The molecule has 0 spiro atoms. The third kappa shape index (κ3) is 3.91. The van der Waals surface area contributed by atoms with E-state index in [-0.39, 0.29) is 11.2 Å². The average Bonchev–Trinajstić information content (AvgIpc) is 2.27. The SMILES string of the molecule is C/C=C/CCCC1(CC)OCC(C)(C)CO1. The molecule has 1 heterocycles. The lowest BCUT2D eigenvalue weighted by Crippen LogP contribution is -2.47. The van der Waals surface area contributed by atoms with Crippen LogP contribution in [0.25, 0.3) is 0 Å². The van der Waals surface area contributed by atoms with Crippen molar-refractivity contribution < 1.29 is 9.47 Å². The maximum atomic E-state index is 5.96. The molecule has 2 nitrogen and oxygen atoms in total. The van der Waals surface area contributed by atoms with Crippen LogP contribution < -0.4 is 0 Å². The molecule has 0 unspecified atom stereocenters. The Bertz CT molecular complexity index is 221. The van der Waals surface area contributed by atoms with Crippen molar-refractivity contribution in [2.45, 2.75) is 59.2 Å². The van der Waals surface area contributed by atoms with Crippen LogP contribution in [0.5, 0.6) is 0 Å². The molecule has 0 saturated carbocycles. The zero-order chi connectivity index (χ0) is 12.1. The molecule has 0 aliphatic carbocycles. The molecule has 1 aliphatic heterocycles. The second-order valence-corrected chi connectivity index (χ2v) is 5.47. The van der Waals surface area contributed by atoms with Gasteiger partial charge in [-0.25, -0.2) is 0 Å². The minimum atomic E-state index is -0.308. The molecule has 1 saturated heterocycles. The Morgan fingerprint density at radius 2 is 1.81 bits per heavy atom. The molecule has 0 aromatic heterocycles. The quantitative estimate of drug-likeness (QED) is 0.522. The summed E-state index contributed by atoms with van der Waals surface area (Å²) in [7, 11) is 0. The first-order chi connectivity index (χ1) is 7.54. The molecule has 0 aromatic carbocycles. The van der Waals surface area contributed by atoms with Gasteiger partial charge in [0.05, 0.1) is 13.2 Å². The largest absolute Gasteiger partial charge is 0.349 e. The second-order valence-electron chi connectivity index (χ2n) is 5.47. The van der Waals surface area contributed by atoms with Crippen molar-refractivity contribution in [2.75, 3.05) is 13.2 Å². The number of hydrogen-bond donors (Lipinski definition) is 0. The monoisotopic (exact) mass is 226 g/mol. The Morgan fingerprint density at radius 3 is 2.31 bits per heavy atom. The average molecular weight is 226 g/mol. The van der Waals surface area contributed by atoms with Crippen molar-refractivity contribution in [3.8, 4) is 0 Å².